The molecule has 4 nitrogen and oxygen atoms in total. The molecule has 1 aliphatic carbocycles. The van der Waals surface area contributed by atoms with Crippen LogP contribution in [0.2, 0.25) is 0 Å². The lowest BCUT2D eigenvalue weighted by Crippen LogP contribution is -2.15. The number of fused-ring (bicyclic) bond motifs is 5. The highest BCUT2D eigenvalue weighted by molar-refractivity contribution is 6.00. The standard InChI is InChI=1S/C47H32N4/c1-47(2)42-26-32(18-19-39(42)41-21-20-38-33(28-48)15-9-17-40(38)45(41)47)35-23-36(34-16-10-22-49-29-34)25-37(24-35)44-27-43(30-11-5-3-6-12-30)50-46(51-44)31-13-7-4-8-14-31/h3-27,29H,1-2H3. The monoisotopic (exact) mass is 652 g/mol. The average Bonchev–Trinajstić information content (AvgIpc) is 3.43. The van der Waals surface area contributed by atoms with Gasteiger partial charge in [0, 0.05) is 40.1 Å². The normalized spacial score (nSPS) is 12.6. The molecule has 2 aromatic heterocycles. The van der Waals surface area contributed by atoms with E-state index in [9.17, 15) is 5.26 Å². The van der Waals surface area contributed by atoms with Crippen LogP contribution in [0, 0.1) is 11.3 Å². The van der Waals surface area contributed by atoms with Gasteiger partial charge < -0.3 is 0 Å². The van der Waals surface area contributed by atoms with Crippen molar-refractivity contribution < 1.29 is 0 Å². The highest BCUT2D eigenvalue weighted by Crippen LogP contribution is 2.52. The Labute approximate surface area is 297 Å². The quantitative estimate of drug-likeness (QED) is 0.186. The predicted octanol–water partition coefficient (Wildman–Crippen LogP) is 11.5. The molecule has 240 valence electrons. The van der Waals surface area contributed by atoms with E-state index in [1.54, 1.807) is 6.20 Å². The molecule has 0 amide bonds. The highest BCUT2D eigenvalue weighted by atomic mass is 14.9. The largest absolute Gasteiger partial charge is 0.264 e. The van der Waals surface area contributed by atoms with Crippen LogP contribution in [-0.4, -0.2) is 15.0 Å². The minimum absolute atomic E-state index is 0.264. The van der Waals surface area contributed by atoms with Gasteiger partial charge in [0.25, 0.3) is 0 Å². The first kappa shape index (κ1) is 30.4. The maximum Gasteiger partial charge on any atom is 0.160 e. The van der Waals surface area contributed by atoms with Crippen molar-refractivity contribution in [3.05, 3.63) is 175 Å². The minimum atomic E-state index is -0.264. The van der Waals surface area contributed by atoms with Gasteiger partial charge in [-0.2, -0.15) is 5.26 Å². The minimum Gasteiger partial charge on any atom is -0.264 e. The van der Waals surface area contributed by atoms with E-state index >= 15 is 0 Å². The molecule has 51 heavy (non-hydrogen) atoms. The Bertz CT molecular complexity index is 2600. The van der Waals surface area contributed by atoms with Gasteiger partial charge in [0.05, 0.1) is 23.0 Å². The third-order valence-electron chi connectivity index (χ3n) is 10.2. The smallest absolute Gasteiger partial charge is 0.160 e. The first-order chi connectivity index (χ1) is 25.0. The molecule has 0 fully saturated rings. The van der Waals surface area contributed by atoms with E-state index in [0.29, 0.717) is 11.4 Å². The average molecular weight is 653 g/mol. The Kier molecular flexibility index (Phi) is 7.15. The van der Waals surface area contributed by atoms with Gasteiger partial charge in [-0.05, 0) is 92.2 Å². The maximum atomic E-state index is 9.84. The molecule has 8 aromatic rings. The Morgan fingerprint density at radius 3 is 1.90 bits per heavy atom. The molecular weight excluding hydrogens is 621 g/mol. The van der Waals surface area contributed by atoms with Gasteiger partial charge in [0.2, 0.25) is 0 Å². The van der Waals surface area contributed by atoms with Gasteiger partial charge in [-0.25, -0.2) is 9.97 Å². The van der Waals surface area contributed by atoms with E-state index in [-0.39, 0.29) is 5.41 Å². The number of rotatable bonds is 5. The fraction of sp³-hybridized carbons (Fsp3) is 0.0638. The van der Waals surface area contributed by atoms with Gasteiger partial charge in [-0.15, -0.1) is 0 Å². The first-order valence-corrected chi connectivity index (χ1v) is 17.2. The molecule has 0 N–H and O–H groups in total. The lowest BCUT2D eigenvalue weighted by molar-refractivity contribution is 0.666. The van der Waals surface area contributed by atoms with Gasteiger partial charge >= 0.3 is 0 Å². The topological polar surface area (TPSA) is 62.5 Å². The molecule has 2 heterocycles. The van der Waals surface area contributed by atoms with E-state index in [2.05, 4.69) is 116 Å². The molecule has 0 bridgehead atoms. The van der Waals surface area contributed by atoms with Crippen LogP contribution < -0.4 is 0 Å². The Hall–Kier alpha value is -6.70. The molecule has 0 saturated heterocycles. The Morgan fingerprint density at radius 1 is 0.510 bits per heavy atom. The summed E-state index contributed by atoms with van der Waals surface area (Å²) in [5.74, 6) is 0.684. The number of benzene rings is 6. The molecule has 4 heteroatoms. The fourth-order valence-corrected chi connectivity index (χ4v) is 7.67. The van der Waals surface area contributed by atoms with E-state index in [4.69, 9.17) is 9.97 Å². The predicted molar refractivity (Wildman–Crippen MR) is 207 cm³/mol. The lowest BCUT2D eigenvalue weighted by Gasteiger charge is -2.24. The van der Waals surface area contributed by atoms with Crippen molar-refractivity contribution in [2.24, 2.45) is 0 Å². The van der Waals surface area contributed by atoms with E-state index in [1.165, 1.54) is 22.3 Å². The van der Waals surface area contributed by atoms with Crippen molar-refractivity contribution in [2.45, 2.75) is 19.3 Å². The number of pyridine rings is 1. The molecule has 0 saturated carbocycles. The van der Waals surface area contributed by atoms with Gasteiger partial charge in [-0.3, -0.25) is 4.98 Å². The van der Waals surface area contributed by atoms with Gasteiger partial charge in [0.1, 0.15) is 0 Å². The SMILES string of the molecule is CC1(C)c2cc(-c3cc(-c4cccnc4)cc(-c4cc(-c5ccccc5)nc(-c5ccccc5)n4)c3)ccc2-c2ccc3c(C#N)cccc3c21. The summed E-state index contributed by atoms with van der Waals surface area (Å²) in [5.41, 5.74) is 14.5. The Balaban J connectivity index is 1.23. The lowest BCUT2D eigenvalue weighted by atomic mass is 9.79. The second-order valence-electron chi connectivity index (χ2n) is 13.6. The van der Waals surface area contributed by atoms with Gasteiger partial charge in [0.15, 0.2) is 5.82 Å². The summed E-state index contributed by atoms with van der Waals surface area (Å²) >= 11 is 0. The molecule has 6 aromatic carbocycles. The number of hydrogen-bond donors (Lipinski definition) is 0. The van der Waals surface area contributed by atoms with E-state index in [0.717, 1.165) is 61.1 Å². The molecule has 0 radical (unpaired) electrons. The van der Waals surface area contributed by atoms with Crippen molar-refractivity contribution in [1.29, 1.82) is 5.26 Å². The number of nitrogens with zero attached hydrogens (tertiary/aromatic N) is 4. The molecule has 0 atom stereocenters. The summed E-state index contributed by atoms with van der Waals surface area (Å²) in [6.45, 7) is 4.60. The summed E-state index contributed by atoms with van der Waals surface area (Å²) in [6.07, 6.45) is 3.72. The van der Waals surface area contributed by atoms with Crippen LogP contribution in [0.4, 0.5) is 0 Å². The van der Waals surface area contributed by atoms with Crippen LogP contribution in [0.1, 0.15) is 30.5 Å². The number of nitriles is 1. The highest BCUT2D eigenvalue weighted by Gasteiger charge is 2.37. The zero-order chi connectivity index (χ0) is 34.5. The second-order valence-corrected chi connectivity index (χ2v) is 13.6. The number of hydrogen-bond acceptors (Lipinski definition) is 4. The van der Waals surface area contributed by atoms with Crippen molar-refractivity contribution in [1.82, 2.24) is 15.0 Å². The van der Waals surface area contributed by atoms with Crippen LogP contribution in [0.15, 0.2) is 158 Å². The third-order valence-corrected chi connectivity index (χ3v) is 10.2. The molecule has 0 spiro atoms. The van der Waals surface area contributed by atoms with Crippen LogP contribution >= 0.6 is 0 Å². The first-order valence-electron chi connectivity index (χ1n) is 17.2. The Morgan fingerprint density at radius 2 is 1.18 bits per heavy atom. The molecule has 0 aliphatic heterocycles. The zero-order valence-corrected chi connectivity index (χ0v) is 28.3. The molecular formula is C47H32N4. The summed E-state index contributed by atoms with van der Waals surface area (Å²) in [7, 11) is 0. The molecule has 0 unspecified atom stereocenters. The van der Waals surface area contributed by atoms with E-state index in [1.807, 2.05) is 60.8 Å². The summed E-state index contributed by atoms with van der Waals surface area (Å²) in [4.78, 5) is 14.7. The van der Waals surface area contributed by atoms with Crippen molar-refractivity contribution >= 4 is 10.8 Å². The van der Waals surface area contributed by atoms with Crippen LogP contribution in [0.3, 0.4) is 0 Å². The molecule has 9 rings (SSSR count). The summed E-state index contributed by atoms with van der Waals surface area (Å²) in [6, 6.07) is 52.9. The fourth-order valence-electron chi connectivity index (χ4n) is 7.67. The van der Waals surface area contributed by atoms with Crippen molar-refractivity contribution in [2.75, 3.05) is 0 Å². The maximum absolute atomic E-state index is 9.84. The van der Waals surface area contributed by atoms with Crippen molar-refractivity contribution in [3.8, 4) is 73.4 Å². The molecule has 1 aliphatic rings. The zero-order valence-electron chi connectivity index (χ0n) is 28.3. The van der Waals surface area contributed by atoms with E-state index < -0.39 is 0 Å². The van der Waals surface area contributed by atoms with Crippen LogP contribution in [0.25, 0.3) is 78.1 Å². The van der Waals surface area contributed by atoms with Gasteiger partial charge in [-0.1, -0.05) is 117 Å². The van der Waals surface area contributed by atoms with Crippen molar-refractivity contribution in [3.63, 3.8) is 0 Å². The summed E-state index contributed by atoms with van der Waals surface area (Å²) < 4.78 is 0. The van der Waals surface area contributed by atoms with Crippen LogP contribution in [-0.2, 0) is 5.41 Å². The van der Waals surface area contributed by atoms with Crippen LogP contribution in [0.5, 0.6) is 0 Å². The third kappa shape index (κ3) is 5.19. The summed E-state index contributed by atoms with van der Waals surface area (Å²) in [5, 5.41) is 12.0. The number of aromatic nitrogens is 3. The second kappa shape index (κ2) is 12.0.